The second-order valence-electron chi connectivity index (χ2n) is 6.91. The first kappa shape index (κ1) is 24.3. The molecule has 31 heavy (non-hydrogen) atoms. The highest BCUT2D eigenvalue weighted by molar-refractivity contribution is 5.79. The van der Waals surface area contributed by atoms with Crippen molar-refractivity contribution < 1.29 is 22.6 Å². The van der Waals surface area contributed by atoms with Gasteiger partial charge in [-0.05, 0) is 36.2 Å². The van der Waals surface area contributed by atoms with Crippen molar-refractivity contribution in [2.24, 2.45) is 4.99 Å². The summed E-state index contributed by atoms with van der Waals surface area (Å²) in [7, 11) is 3.29. The Kier molecular flexibility index (Phi) is 9.45. The predicted molar refractivity (Wildman–Crippen MR) is 117 cm³/mol. The average Bonchev–Trinajstić information content (AvgIpc) is 2.74. The smallest absolute Gasteiger partial charge is 0.422 e. The van der Waals surface area contributed by atoms with E-state index in [0.29, 0.717) is 24.7 Å². The minimum absolute atomic E-state index is 0.205. The van der Waals surface area contributed by atoms with E-state index in [1.807, 2.05) is 30.3 Å². The normalized spacial score (nSPS) is 11.9. The van der Waals surface area contributed by atoms with Crippen LogP contribution in [0.1, 0.15) is 16.7 Å². The van der Waals surface area contributed by atoms with Crippen molar-refractivity contribution in [2.45, 2.75) is 26.2 Å². The van der Waals surface area contributed by atoms with E-state index < -0.39 is 12.8 Å². The van der Waals surface area contributed by atoms with Crippen molar-refractivity contribution in [2.75, 3.05) is 39.2 Å². The Hall–Kier alpha value is -2.94. The summed E-state index contributed by atoms with van der Waals surface area (Å²) in [6.07, 6.45) is -4.39. The monoisotopic (exact) mass is 438 g/mol. The summed E-state index contributed by atoms with van der Waals surface area (Å²) < 4.78 is 47.6. The van der Waals surface area contributed by atoms with Crippen LogP contribution in [0.15, 0.2) is 47.5 Å². The van der Waals surface area contributed by atoms with Crippen molar-refractivity contribution in [3.63, 3.8) is 0 Å². The Bertz CT molecular complexity index is 840. The maximum absolute atomic E-state index is 12.5. The number of rotatable bonds is 10. The lowest BCUT2D eigenvalue weighted by Crippen LogP contribution is -2.36. The molecule has 0 unspecified atom stereocenters. The maximum Gasteiger partial charge on any atom is 0.422 e. The van der Waals surface area contributed by atoms with Gasteiger partial charge in [0.1, 0.15) is 5.75 Å². The summed E-state index contributed by atoms with van der Waals surface area (Å²) in [5.41, 5.74) is 3.51. The van der Waals surface area contributed by atoms with Crippen LogP contribution >= 0.6 is 0 Å². The molecule has 170 valence electrons. The van der Waals surface area contributed by atoms with Crippen molar-refractivity contribution in [3.05, 3.63) is 59.2 Å². The first-order chi connectivity index (χ1) is 14.8. The third-order valence-electron chi connectivity index (χ3n) is 4.33. The molecule has 0 aliphatic carbocycles. The van der Waals surface area contributed by atoms with Crippen LogP contribution in [0.3, 0.4) is 0 Å². The number of methoxy groups -OCH3 is 1. The SMILES string of the molecule is CN=C(NCc1ccc(NCCOC)cc1)NCc1ccc(C)cc1OCC(F)(F)F. The van der Waals surface area contributed by atoms with Gasteiger partial charge in [0.15, 0.2) is 12.6 Å². The molecule has 6 nitrogen and oxygen atoms in total. The number of anilines is 1. The molecule has 9 heteroatoms. The molecule has 2 aromatic carbocycles. The fourth-order valence-corrected chi connectivity index (χ4v) is 2.72. The van der Waals surface area contributed by atoms with E-state index in [2.05, 4.69) is 20.9 Å². The lowest BCUT2D eigenvalue weighted by Gasteiger charge is -2.16. The molecule has 0 atom stereocenters. The molecular weight excluding hydrogens is 409 g/mol. The number of alkyl halides is 3. The number of guanidine groups is 1. The van der Waals surface area contributed by atoms with Gasteiger partial charge in [-0.2, -0.15) is 13.2 Å². The number of benzene rings is 2. The van der Waals surface area contributed by atoms with Crippen LogP contribution in [-0.2, 0) is 17.8 Å². The highest BCUT2D eigenvalue weighted by Crippen LogP contribution is 2.23. The minimum atomic E-state index is -4.39. The summed E-state index contributed by atoms with van der Waals surface area (Å²) in [6.45, 7) is 2.66. The van der Waals surface area contributed by atoms with E-state index in [0.717, 1.165) is 23.4 Å². The number of ether oxygens (including phenoxy) is 2. The molecule has 0 aliphatic heterocycles. The zero-order valence-electron chi connectivity index (χ0n) is 18.0. The van der Waals surface area contributed by atoms with Crippen LogP contribution < -0.4 is 20.7 Å². The molecule has 2 aromatic rings. The molecule has 0 bridgehead atoms. The summed E-state index contributed by atoms with van der Waals surface area (Å²) in [6, 6.07) is 13.1. The Labute approximate surface area is 180 Å². The molecule has 2 rings (SSSR count). The van der Waals surface area contributed by atoms with Gasteiger partial charge in [-0.15, -0.1) is 0 Å². The third kappa shape index (κ3) is 9.17. The van der Waals surface area contributed by atoms with Crippen LogP contribution in [0, 0.1) is 6.92 Å². The van der Waals surface area contributed by atoms with Crippen LogP contribution in [0.2, 0.25) is 0 Å². The summed E-state index contributed by atoms with van der Waals surface area (Å²) in [5.74, 6) is 0.737. The zero-order valence-corrected chi connectivity index (χ0v) is 18.0. The number of halogens is 3. The molecule has 0 saturated heterocycles. The van der Waals surface area contributed by atoms with E-state index in [4.69, 9.17) is 9.47 Å². The first-order valence-electron chi connectivity index (χ1n) is 9.86. The molecule has 0 aliphatic rings. The number of hydrogen-bond acceptors (Lipinski definition) is 4. The number of hydrogen-bond donors (Lipinski definition) is 3. The van der Waals surface area contributed by atoms with Crippen LogP contribution in [0.4, 0.5) is 18.9 Å². The number of nitrogens with zero attached hydrogens (tertiary/aromatic N) is 1. The van der Waals surface area contributed by atoms with Gasteiger partial charge in [0.25, 0.3) is 0 Å². The quantitative estimate of drug-likeness (QED) is 0.299. The third-order valence-corrected chi connectivity index (χ3v) is 4.33. The van der Waals surface area contributed by atoms with E-state index in [1.54, 1.807) is 33.2 Å². The van der Waals surface area contributed by atoms with Crippen molar-refractivity contribution in [1.29, 1.82) is 0 Å². The molecular formula is C22H29F3N4O2. The molecule has 0 amide bonds. The van der Waals surface area contributed by atoms with Gasteiger partial charge in [-0.25, -0.2) is 0 Å². The van der Waals surface area contributed by atoms with Crippen LogP contribution in [0.5, 0.6) is 5.75 Å². The molecule has 0 radical (unpaired) electrons. The molecule has 0 spiro atoms. The van der Waals surface area contributed by atoms with Gasteiger partial charge in [0, 0.05) is 45.0 Å². The standard InChI is InChI=1S/C22H29F3N4O2/c1-16-4-7-18(20(12-16)31-15-22(23,24)25)14-29-21(26-2)28-13-17-5-8-19(9-6-17)27-10-11-30-3/h4-9,12,27H,10-11,13-15H2,1-3H3,(H2,26,28,29). The Balaban J connectivity index is 1.88. The fourth-order valence-electron chi connectivity index (χ4n) is 2.72. The molecule has 0 aromatic heterocycles. The number of aryl methyl sites for hydroxylation is 1. The summed E-state index contributed by atoms with van der Waals surface area (Å²) in [4.78, 5) is 4.17. The second-order valence-corrected chi connectivity index (χ2v) is 6.91. The second kappa shape index (κ2) is 12.0. The van der Waals surface area contributed by atoms with Crippen molar-refractivity contribution in [1.82, 2.24) is 10.6 Å². The van der Waals surface area contributed by atoms with Gasteiger partial charge in [0.2, 0.25) is 0 Å². The summed E-state index contributed by atoms with van der Waals surface area (Å²) >= 11 is 0. The highest BCUT2D eigenvalue weighted by atomic mass is 19.4. The van der Waals surface area contributed by atoms with E-state index in [1.165, 1.54) is 0 Å². The molecule has 0 saturated carbocycles. The van der Waals surface area contributed by atoms with Crippen LogP contribution in [0.25, 0.3) is 0 Å². The van der Waals surface area contributed by atoms with Crippen molar-refractivity contribution in [3.8, 4) is 5.75 Å². The largest absolute Gasteiger partial charge is 0.484 e. The lowest BCUT2D eigenvalue weighted by molar-refractivity contribution is -0.153. The van der Waals surface area contributed by atoms with Gasteiger partial charge < -0.3 is 25.4 Å². The number of aliphatic imine (C=N–C) groups is 1. The van der Waals surface area contributed by atoms with Crippen LogP contribution in [-0.4, -0.2) is 46.1 Å². The predicted octanol–water partition coefficient (Wildman–Crippen LogP) is 3.86. The average molecular weight is 438 g/mol. The maximum atomic E-state index is 12.5. The minimum Gasteiger partial charge on any atom is -0.484 e. The Morgan fingerprint density at radius 2 is 1.74 bits per heavy atom. The van der Waals surface area contributed by atoms with Gasteiger partial charge in [0.05, 0.1) is 6.61 Å². The Morgan fingerprint density at radius 1 is 1.03 bits per heavy atom. The van der Waals surface area contributed by atoms with Crippen molar-refractivity contribution >= 4 is 11.6 Å². The van der Waals surface area contributed by atoms with E-state index in [9.17, 15) is 13.2 Å². The fraction of sp³-hybridized carbons (Fsp3) is 0.409. The van der Waals surface area contributed by atoms with Gasteiger partial charge >= 0.3 is 6.18 Å². The molecule has 0 heterocycles. The topological polar surface area (TPSA) is 66.9 Å². The molecule has 3 N–H and O–H groups in total. The molecule has 0 fully saturated rings. The van der Waals surface area contributed by atoms with E-state index in [-0.39, 0.29) is 12.3 Å². The summed E-state index contributed by atoms with van der Waals surface area (Å²) in [5, 5.41) is 9.55. The first-order valence-corrected chi connectivity index (χ1v) is 9.86. The van der Waals surface area contributed by atoms with E-state index >= 15 is 0 Å². The Morgan fingerprint density at radius 3 is 2.39 bits per heavy atom. The highest BCUT2D eigenvalue weighted by Gasteiger charge is 2.28. The lowest BCUT2D eigenvalue weighted by atomic mass is 10.1. The van der Waals surface area contributed by atoms with Gasteiger partial charge in [-0.3, -0.25) is 4.99 Å². The zero-order chi connectivity index (χ0) is 22.7. The van der Waals surface area contributed by atoms with Gasteiger partial charge in [-0.1, -0.05) is 24.3 Å². The number of nitrogens with one attached hydrogen (secondary N) is 3.